The Bertz CT molecular complexity index is 209. The van der Waals surface area contributed by atoms with Crippen LogP contribution in [0.25, 0.3) is 0 Å². The van der Waals surface area contributed by atoms with E-state index in [1.807, 2.05) is 0 Å². The lowest BCUT2D eigenvalue weighted by atomic mass is 10.1. The molecular formula is C8H12O5. The molecule has 0 saturated carbocycles. The Kier molecular flexibility index (Phi) is 5.50. The summed E-state index contributed by atoms with van der Waals surface area (Å²) in [7, 11) is 0. The molecule has 0 heterocycles. The molecule has 0 aromatic heterocycles. The van der Waals surface area contributed by atoms with Crippen LogP contribution < -0.4 is 0 Å². The van der Waals surface area contributed by atoms with Crippen LogP contribution in [0, 0.1) is 0 Å². The van der Waals surface area contributed by atoms with Gasteiger partial charge in [-0.3, -0.25) is 9.59 Å². The first-order chi connectivity index (χ1) is 6.04. The van der Waals surface area contributed by atoms with Gasteiger partial charge in [-0.05, 0) is 12.8 Å². The van der Waals surface area contributed by atoms with E-state index in [1.165, 1.54) is 0 Å². The zero-order chi connectivity index (χ0) is 10.3. The molecule has 0 aliphatic carbocycles. The molecule has 0 aliphatic rings. The smallest absolute Gasteiger partial charge is 0.372 e. The molecule has 0 amide bonds. The van der Waals surface area contributed by atoms with Gasteiger partial charge in [0.1, 0.15) is 0 Å². The van der Waals surface area contributed by atoms with Gasteiger partial charge in [-0.1, -0.05) is 6.42 Å². The molecular weight excluding hydrogens is 176 g/mol. The lowest BCUT2D eigenvalue weighted by Crippen LogP contribution is -2.11. The number of unbranched alkanes of at least 4 members (excludes halogenated alkanes) is 2. The molecule has 0 atom stereocenters. The fourth-order valence-corrected chi connectivity index (χ4v) is 0.845. The summed E-state index contributed by atoms with van der Waals surface area (Å²) in [6.45, 7) is 0. The van der Waals surface area contributed by atoms with Crippen LogP contribution in [0.2, 0.25) is 0 Å². The van der Waals surface area contributed by atoms with Gasteiger partial charge < -0.3 is 10.2 Å². The van der Waals surface area contributed by atoms with E-state index in [4.69, 9.17) is 10.2 Å². The van der Waals surface area contributed by atoms with Crippen molar-refractivity contribution < 1.29 is 24.6 Å². The maximum Gasteiger partial charge on any atom is 0.372 e. The van der Waals surface area contributed by atoms with E-state index in [0.717, 1.165) is 0 Å². The van der Waals surface area contributed by atoms with Gasteiger partial charge in [0.2, 0.25) is 5.78 Å². The lowest BCUT2D eigenvalue weighted by Gasteiger charge is -1.95. The second kappa shape index (κ2) is 6.16. The number of carboxylic acid groups (broad SMARTS) is 2. The quantitative estimate of drug-likeness (QED) is 0.452. The maximum atomic E-state index is 10.5. The Morgan fingerprint density at radius 2 is 1.38 bits per heavy atom. The monoisotopic (exact) mass is 188 g/mol. The molecule has 0 bridgehead atoms. The number of hydrogen-bond donors (Lipinski definition) is 2. The van der Waals surface area contributed by atoms with Gasteiger partial charge in [0, 0.05) is 12.8 Å². The largest absolute Gasteiger partial charge is 0.481 e. The summed E-state index contributed by atoms with van der Waals surface area (Å²) in [6, 6.07) is 0. The number of Topliss-reactive ketones (excluding diaryl/α,β-unsaturated/α-hetero) is 1. The Hall–Kier alpha value is -1.39. The van der Waals surface area contributed by atoms with Crippen molar-refractivity contribution in [3.8, 4) is 0 Å². The van der Waals surface area contributed by atoms with Crippen molar-refractivity contribution in [2.24, 2.45) is 0 Å². The van der Waals surface area contributed by atoms with Gasteiger partial charge in [-0.25, -0.2) is 4.79 Å². The van der Waals surface area contributed by atoms with E-state index >= 15 is 0 Å². The number of carboxylic acids is 2. The molecule has 0 aliphatic heterocycles. The van der Waals surface area contributed by atoms with E-state index in [9.17, 15) is 14.4 Å². The van der Waals surface area contributed by atoms with E-state index in [1.54, 1.807) is 0 Å². The Morgan fingerprint density at radius 3 is 1.85 bits per heavy atom. The number of ketones is 1. The maximum absolute atomic E-state index is 10.5. The third-order valence-corrected chi connectivity index (χ3v) is 1.53. The van der Waals surface area contributed by atoms with Crippen molar-refractivity contribution in [1.82, 2.24) is 0 Å². The highest BCUT2D eigenvalue weighted by Gasteiger charge is 2.09. The van der Waals surface area contributed by atoms with Gasteiger partial charge >= 0.3 is 11.9 Å². The average molecular weight is 188 g/mol. The zero-order valence-electron chi connectivity index (χ0n) is 7.15. The van der Waals surface area contributed by atoms with Crippen LogP contribution in [0.1, 0.15) is 32.1 Å². The highest BCUT2D eigenvalue weighted by molar-refractivity contribution is 6.32. The fraction of sp³-hybridized carbons (Fsp3) is 0.625. The third kappa shape index (κ3) is 6.99. The Morgan fingerprint density at radius 1 is 0.846 bits per heavy atom. The normalized spacial score (nSPS) is 9.54. The number of aliphatic carboxylic acids is 2. The van der Waals surface area contributed by atoms with Gasteiger partial charge in [-0.2, -0.15) is 0 Å². The summed E-state index contributed by atoms with van der Waals surface area (Å²) in [5.74, 6) is -3.10. The predicted octanol–water partition coefficient (Wildman–Crippen LogP) is 0.675. The molecule has 0 aromatic rings. The van der Waals surface area contributed by atoms with Gasteiger partial charge in [-0.15, -0.1) is 0 Å². The van der Waals surface area contributed by atoms with Crippen molar-refractivity contribution in [2.75, 3.05) is 0 Å². The van der Waals surface area contributed by atoms with Gasteiger partial charge in [0.05, 0.1) is 0 Å². The van der Waals surface area contributed by atoms with Crippen molar-refractivity contribution in [3.63, 3.8) is 0 Å². The molecule has 13 heavy (non-hydrogen) atoms. The van der Waals surface area contributed by atoms with Crippen LogP contribution in [0.3, 0.4) is 0 Å². The Labute approximate surface area is 75.4 Å². The zero-order valence-corrected chi connectivity index (χ0v) is 7.15. The Balaban J connectivity index is 3.31. The minimum atomic E-state index is -1.42. The third-order valence-electron chi connectivity index (χ3n) is 1.53. The summed E-state index contributed by atoms with van der Waals surface area (Å²) < 4.78 is 0. The average Bonchev–Trinajstić information content (AvgIpc) is 2.02. The molecule has 0 radical (unpaired) electrons. The number of carbonyl (C=O) groups is 3. The molecule has 0 rings (SSSR count). The molecule has 0 unspecified atom stereocenters. The molecule has 0 aromatic carbocycles. The molecule has 2 N–H and O–H groups in total. The van der Waals surface area contributed by atoms with Crippen LogP contribution in [-0.2, 0) is 14.4 Å². The number of rotatable bonds is 7. The van der Waals surface area contributed by atoms with Gasteiger partial charge in [0.15, 0.2) is 0 Å². The lowest BCUT2D eigenvalue weighted by molar-refractivity contribution is -0.149. The first kappa shape index (κ1) is 11.6. The van der Waals surface area contributed by atoms with Crippen molar-refractivity contribution in [3.05, 3.63) is 0 Å². The second-order valence-corrected chi connectivity index (χ2v) is 2.68. The highest BCUT2D eigenvalue weighted by atomic mass is 16.4. The van der Waals surface area contributed by atoms with Crippen molar-refractivity contribution in [1.29, 1.82) is 0 Å². The molecule has 0 saturated heterocycles. The van der Waals surface area contributed by atoms with E-state index in [0.29, 0.717) is 19.3 Å². The minimum Gasteiger partial charge on any atom is -0.481 e. The van der Waals surface area contributed by atoms with Crippen LogP contribution in [-0.4, -0.2) is 27.9 Å². The summed E-state index contributed by atoms with van der Waals surface area (Å²) >= 11 is 0. The van der Waals surface area contributed by atoms with E-state index in [2.05, 4.69) is 0 Å². The SMILES string of the molecule is O=C(O)CCCCCC(=O)C(=O)O. The number of hydrogen-bond acceptors (Lipinski definition) is 3. The van der Waals surface area contributed by atoms with E-state index < -0.39 is 17.7 Å². The summed E-state index contributed by atoms with van der Waals surface area (Å²) in [6.07, 6.45) is 1.57. The topological polar surface area (TPSA) is 91.7 Å². The minimum absolute atomic E-state index is 0.00501. The van der Waals surface area contributed by atoms with Crippen LogP contribution in [0.4, 0.5) is 0 Å². The van der Waals surface area contributed by atoms with Gasteiger partial charge in [0.25, 0.3) is 0 Å². The van der Waals surface area contributed by atoms with E-state index in [-0.39, 0.29) is 12.8 Å². The highest BCUT2D eigenvalue weighted by Crippen LogP contribution is 2.03. The van der Waals surface area contributed by atoms with Crippen molar-refractivity contribution >= 4 is 17.7 Å². The first-order valence-electron chi connectivity index (χ1n) is 4.02. The molecule has 5 nitrogen and oxygen atoms in total. The van der Waals surface area contributed by atoms with Crippen LogP contribution in [0.5, 0.6) is 0 Å². The molecule has 74 valence electrons. The number of carbonyl (C=O) groups excluding carboxylic acids is 1. The molecule has 0 spiro atoms. The van der Waals surface area contributed by atoms with Crippen molar-refractivity contribution in [2.45, 2.75) is 32.1 Å². The summed E-state index contributed by atoms with van der Waals surface area (Å²) in [5, 5.41) is 16.4. The van der Waals surface area contributed by atoms with Crippen LogP contribution in [0.15, 0.2) is 0 Å². The predicted molar refractivity (Wildman–Crippen MR) is 43.4 cm³/mol. The molecule has 0 fully saturated rings. The standard InChI is InChI=1S/C8H12O5/c9-6(8(12)13)4-2-1-3-5-7(10)11/h1-5H2,(H,10,11)(H,12,13). The fourth-order valence-electron chi connectivity index (χ4n) is 0.845. The van der Waals surface area contributed by atoms with Crippen LogP contribution >= 0.6 is 0 Å². The summed E-state index contributed by atoms with van der Waals surface area (Å²) in [5.41, 5.74) is 0. The second-order valence-electron chi connectivity index (χ2n) is 2.68. The first-order valence-corrected chi connectivity index (χ1v) is 4.02. The summed E-state index contributed by atoms with van der Waals surface area (Å²) in [4.78, 5) is 30.6. The molecule has 5 heteroatoms.